The van der Waals surface area contributed by atoms with Crippen molar-refractivity contribution < 1.29 is 38.9 Å². The molecule has 43 heavy (non-hydrogen) atoms. The molecule has 0 saturated carbocycles. The average Bonchev–Trinajstić information content (AvgIpc) is 3.21. The van der Waals surface area contributed by atoms with Gasteiger partial charge in [0, 0.05) is 0 Å². The summed E-state index contributed by atoms with van der Waals surface area (Å²) in [5.41, 5.74) is -0.964. The van der Waals surface area contributed by atoms with Gasteiger partial charge in [0.25, 0.3) is 11.8 Å². The van der Waals surface area contributed by atoms with E-state index < -0.39 is 47.2 Å². The predicted molar refractivity (Wildman–Crippen MR) is 156 cm³/mol. The van der Waals surface area contributed by atoms with Gasteiger partial charge in [-0.25, -0.2) is 9.59 Å². The van der Waals surface area contributed by atoms with Crippen molar-refractivity contribution in [2.75, 3.05) is 33.0 Å². The molecule has 2 aliphatic rings. The molecular weight excluding hydrogens is 556 g/mol. The number of carbonyl (C=O) groups excluding carboxylic acids is 4. The Hall–Kier alpha value is -4.16. The minimum atomic E-state index is -1.36. The number of hydrogen-bond acceptors (Lipinski definition) is 8. The zero-order valence-electron chi connectivity index (χ0n) is 25.4. The molecule has 0 spiro atoms. The molecule has 2 aromatic rings. The zero-order valence-corrected chi connectivity index (χ0v) is 25.4. The van der Waals surface area contributed by atoms with Crippen LogP contribution in [0.2, 0.25) is 0 Å². The molecule has 6 amide bonds. The summed E-state index contributed by atoms with van der Waals surface area (Å²) in [6, 6.07) is 13.2. The van der Waals surface area contributed by atoms with Gasteiger partial charge in [0.2, 0.25) is 0 Å². The number of aliphatic hydroxyl groups excluding tert-OH is 2. The number of urea groups is 2. The van der Waals surface area contributed by atoms with Crippen molar-refractivity contribution in [3.63, 3.8) is 0 Å². The average molecular weight is 597 g/mol. The number of rotatable bonds is 12. The third kappa shape index (κ3) is 6.30. The number of benzene rings is 2. The van der Waals surface area contributed by atoms with Crippen LogP contribution in [0.4, 0.5) is 9.59 Å². The molecule has 0 bridgehead atoms. The number of nitrogens with zero attached hydrogens (tertiary/aromatic N) is 4. The summed E-state index contributed by atoms with van der Waals surface area (Å²) >= 11 is 0. The maximum absolute atomic E-state index is 13.5. The monoisotopic (exact) mass is 596 g/mol. The molecule has 232 valence electrons. The van der Waals surface area contributed by atoms with Crippen molar-refractivity contribution in [1.82, 2.24) is 19.6 Å². The topological polar surface area (TPSA) is 140 Å². The van der Waals surface area contributed by atoms with Crippen LogP contribution in [-0.4, -0.2) is 110 Å². The molecule has 4 rings (SSSR count). The van der Waals surface area contributed by atoms with Gasteiger partial charge in [-0.2, -0.15) is 0 Å². The van der Waals surface area contributed by atoms with Gasteiger partial charge >= 0.3 is 12.1 Å². The minimum absolute atomic E-state index is 0.140. The van der Waals surface area contributed by atoms with Crippen LogP contribution in [0.15, 0.2) is 48.5 Å². The van der Waals surface area contributed by atoms with E-state index in [4.69, 9.17) is 9.47 Å². The molecule has 12 heteroatoms. The highest BCUT2D eigenvalue weighted by molar-refractivity contribution is 6.08. The van der Waals surface area contributed by atoms with Gasteiger partial charge in [0.15, 0.2) is 0 Å². The van der Waals surface area contributed by atoms with Crippen LogP contribution in [0.25, 0.3) is 0 Å². The first-order chi connectivity index (χ1) is 20.2. The van der Waals surface area contributed by atoms with Gasteiger partial charge in [0.05, 0.1) is 13.1 Å². The van der Waals surface area contributed by atoms with E-state index in [1.165, 1.54) is 9.80 Å². The molecule has 0 radical (unpaired) electrons. The number of hydrogen-bond donors (Lipinski definition) is 2. The summed E-state index contributed by atoms with van der Waals surface area (Å²) in [6.45, 7) is 8.66. The largest absolute Gasteiger partial charge is 0.491 e. The number of amides is 6. The molecule has 2 fully saturated rings. The lowest BCUT2D eigenvalue weighted by molar-refractivity contribution is -0.134. The van der Waals surface area contributed by atoms with Crippen LogP contribution >= 0.6 is 0 Å². The number of β-amino-alcohol motifs (C(OH)–C–C–N with tert-alkyl or cyclic N) is 2. The summed E-state index contributed by atoms with van der Waals surface area (Å²) in [5.74, 6) is 0.0598. The maximum atomic E-state index is 13.5. The first-order valence-electron chi connectivity index (χ1n) is 14.2. The lowest BCUT2D eigenvalue weighted by Gasteiger charge is -2.36. The third-order valence-corrected chi connectivity index (χ3v) is 7.93. The van der Waals surface area contributed by atoms with Gasteiger partial charge in [-0.15, -0.1) is 0 Å². The summed E-state index contributed by atoms with van der Waals surface area (Å²) in [4.78, 5) is 57.8. The summed E-state index contributed by atoms with van der Waals surface area (Å²) < 4.78 is 11.3. The molecular formula is C31H40N4O8. The van der Waals surface area contributed by atoms with E-state index in [9.17, 15) is 29.4 Å². The fourth-order valence-electron chi connectivity index (χ4n) is 5.11. The SMILES string of the molecule is Cc1ccccc1OC[C@H](O)CN1C(=O)N(CN2C(=O)N(C[C@@H](O)COc3ccccc3C)C(=O)C2(C)C)C(C)(C)C1=O. The molecule has 12 nitrogen and oxygen atoms in total. The molecule has 2 saturated heterocycles. The third-order valence-electron chi connectivity index (χ3n) is 7.93. The lowest BCUT2D eigenvalue weighted by Crippen LogP contribution is -2.55. The molecule has 2 atom stereocenters. The van der Waals surface area contributed by atoms with Crippen molar-refractivity contribution in [3.8, 4) is 11.5 Å². The normalized spacial score (nSPS) is 19.3. The summed E-state index contributed by atoms with van der Waals surface area (Å²) in [5, 5.41) is 21.2. The molecule has 0 aromatic heterocycles. The van der Waals surface area contributed by atoms with E-state index >= 15 is 0 Å². The highest BCUT2D eigenvalue weighted by atomic mass is 16.5. The van der Waals surface area contributed by atoms with E-state index in [0.29, 0.717) is 11.5 Å². The van der Waals surface area contributed by atoms with E-state index in [0.717, 1.165) is 20.9 Å². The lowest BCUT2D eigenvalue weighted by atomic mass is 10.0. The summed E-state index contributed by atoms with van der Waals surface area (Å²) in [6.07, 6.45) is -2.32. The molecule has 2 aromatic carbocycles. The maximum Gasteiger partial charge on any atom is 0.329 e. The quantitative estimate of drug-likeness (QED) is 0.357. The first kappa shape index (κ1) is 31.8. The number of aryl methyl sites for hydroxylation is 2. The smallest absolute Gasteiger partial charge is 0.329 e. The van der Waals surface area contributed by atoms with Crippen molar-refractivity contribution in [2.45, 2.75) is 64.8 Å². The standard InChI is InChI=1S/C31H40N4O8/c1-20-11-7-9-13-24(20)42-17-22(36)15-32-26(38)30(3,4)34(28(32)40)19-35-29(41)33(27(39)31(35,5)6)16-23(37)18-43-25-14-10-8-12-21(25)2/h7-14,22-23,36-37H,15-19H2,1-6H3/t22-,23-/m1/s1. The Morgan fingerprint density at radius 1 is 0.651 bits per heavy atom. The summed E-state index contributed by atoms with van der Waals surface area (Å²) in [7, 11) is 0. The Morgan fingerprint density at radius 3 is 1.35 bits per heavy atom. The number of ether oxygens (including phenoxy) is 2. The Kier molecular flexibility index (Phi) is 9.02. The van der Waals surface area contributed by atoms with Gasteiger partial charge < -0.3 is 19.7 Å². The predicted octanol–water partition coefficient (Wildman–Crippen LogP) is 2.53. The number of imide groups is 2. The van der Waals surface area contributed by atoms with Crippen LogP contribution in [0.3, 0.4) is 0 Å². The number of para-hydroxylation sites is 2. The Labute approximate surface area is 251 Å². The zero-order chi connectivity index (χ0) is 31.7. The van der Waals surface area contributed by atoms with E-state index in [-0.39, 0.29) is 33.0 Å². The van der Waals surface area contributed by atoms with Crippen LogP contribution in [0.1, 0.15) is 38.8 Å². The van der Waals surface area contributed by atoms with Crippen molar-refractivity contribution in [3.05, 3.63) is 59.7 Å². The molecule has 2 N–H and O–H groups in total. The van der Waals surface area contributed by atoms with Crippen molar-refractivity contribution >= 4 is 23.9 Å². The van der Waals surface area contributed by atoms with Gasteiger partial charge in [-0.05, 0) is 64.8 Å². The molecule has 2 heterocycles. The Morgan fingerprint density at radius 2 is 1.00 bits per heavy atom. The van der Waals surface area contributed by atoms with Crippen LogP contribution < -0.4 is 9.47 Å². The Balaban J connectivity index is 1.41. The van der Waals surface area contributed by atoms with E-state index in [1.54, 1.807) is 52.0 Å². The second-order valence-corrected chi connectivity index (χ2v) is 12.0. The number of aliphatic hydroxyl groups is 2. The van der Waals surface area contributed by atoms with E-state index in [2.05, 4.69) is 0 Å². The molecule has 0 unspecified atom stereocenters. The van der Waals surface area contributed by atoms with Gasteiger partial charge in [0.1, 0.15) is 54.7 Å². The number of carbonyl (C=O) groups is 4. The van der Waals surface area contributed by atoms with Crippen molar-refractivity contribution in [2.24, 2.45) is 0 Å². The highest BCUT2D eigenvalue weighted by Crippen LogP contribution is 2.33. The minimum Gasteiger partial charge on any atom is -0.491 e. The van der Waals surface area contributed by atoms with Crippen LogP contribution in [-0.2, 0) is 9.59 Å². The Bertz CT molecular complexity index is 1290. The van der Waals surface area contributed by atoms with Crippen LogP contribution in [0, 0.1) is 13.8 Å². The second-order valence-electron chi connectivity index (χ2n) is 12.0. The van der Waals surface area contributed by atoms with Crippen LogP contribution in [0.5, 0.6) is 11.5 Å². The first-order valence-corrected chi connectivity index (χ1v) is 14.2. The second kappa shape index (κ2) is 12.2. The van der Waals surface area contributed by atoms with E-state index in [1.807, 2.05) is 38.1 Å². The molecule has 0 aliphatic carbocycles. The van der Waals surface area contributed by atoms with Gasteiger partial charge in [-0.1, -0.05) is 36.4 Å². The fraction of sp³-hybridized carbons (Fsp3) is 0.484. The molecule has 2 aliphatic heterocycles. The van der Waals surface area contributed by atoms with Crippen molar-refractivity contribution in [1.29, 1.82) is 0 Å². The highest BCUT2D eigenvalue weighted by Gasteiger charge is 2.57. The van der Waals surface area contributed by atoms with Gasteiger partial charge in [-0.3, -0.25) is 29.2 Å². The fourth-order valence-corrected chi connectivity index (χ4v) is 5.11.